The minimum atomic E-state index is -0.867. The zero-order chi connectivity index (χ0) is 23.4. The Bertz CT molecular complexity index is 1290. The van der Waals surface area contributed by atoms with Crippen LogP contribution < -0.4 is 0 Å². The van der Waals surface area contributed by atoms with Crippen molar-refractivity contribution in [2.45, 2.75) is 32.9 Å². The maximum absolute atomic E-state index is 13.1. The lowest BCUT2D eigenvalue weighted by atomic mass is 10.1. The normalized spacial score (nSPS) is 13.6. The lowest BCUT2D eigenvalue weighted by Crippen LogP contribution is -2.32. The molecule has 10 heteroatoms. The maximum atomic E-state index is 13.1. The zero-order valence-electron chi connectivity index (χ0n) is 17.4. The summed E-state index contributed by atoms with van der Waals surface area (Å²) >= 11 is 6.32. The Labute approximate surface area is 187 Å². The van der Waals surface area contributed by atoms with Gasteiger partial charge in [0.1, 0.15) is 5.60 Å². The molecular formula is C22H18ClN3O6. The molecule has 0 bridgehead atoms. The SMILES string of the molecule is CC(C)(C)OC(=O)n1c(CN2C(=O)c3ccccc3C2=O)cc2c([N+](=O)[O-])ccc(Cl)c21. The van der Waals surface area contributed by atoms with Crippen LogP contribution in [0, 0.1) is 10.1 Å². The van der Waals surface area contributed by atoms with Crippen LogP contribution in [0.15, 0.2) is 42.5 Å². The Morgan fingerprint density at radius 2 is 1.69 bits per heavy atom. The van der Waals surface area contributed by atoms with E-state index in [-0.39, 0.29) is 45.0 Å². The summed E-state index contributed by atoms with van der Waals surface area (Å²) in [6.07, 6.45) is -0.832. The van der Waals surface area contributed by atoms with Crippen molar-refractivity contribution in [3.8, 4) is 0 Å². The Hall–Kier alpha value is -3.72. The van der Waals surface area contributed by atoms with Crippen LogP contribution in [0.4, 0.5) is 10.5 Å². The van der Waals surface area contributed by atoms with E-state index in [0.717, 1.165) is 9.47 Å². The third kappa shape index (κ3) is 3.50. The van der Waals surface area contributed by atoms with Gasteiger partial charge >= 0.3 is 6.09 Å². The van der Waals surface area contributed by atoms with Gasteiger partial charge in [-0.05, 0) is 45.0 Å². The van der Waals surface area contributed by atoms with Crippen molar-refractivity contribution in [2.24, 2.45) is 0 Å². The fourth-order valence-electron chi connectivity index (χ4n) is 3.65. The second kappa shape index (κ2) is 7.45. The molecule has 2 aromatic carbocycles. The first-order chi connectivity index (χ1) is 15.0. The number of nitro groups is 1. The predicted molar refractivity (Wildman–Crippen MR) is 116 cm³/mol. The Morgan fingerprint density at radius 3 is 2.22 bits per heavy atom. The van der Waals surface area contributed by atoms with Gasteiger partial charge in [-0.1, -0.05) is 23.7 Å². The van der Waals surface area contributed by atoms with Crippen molar-refractivity contribution >= 4 is 46.1 Å². The maximum Gasteiger partial charge on any atom is 0.419 e. The standard InChI is InChI=1S/C22H18ClN3O6/c1-22(2,3)32-21(29)25-12(10-15-17(26(30)31)9-8-16(23)18(15)25)11-24-19(27)13-6-4-5-7-14(13)20(24)28/h4-10H,11H2,1-3H3. The molecule has 0 saturated carbocycles. The molecule has 1 aromatic heterocycles. The second-order valence-electron chi connectivity index (χ2n) is 8.28. The van der Waals surface area contributed by atoms with Crippen molar-refractivity contribution < 1.29 is 24.0 Å². The van der Waals surface area contributed by atoms with E-state index in [2.05, 4.69) is 0 Å². The van der Waals surface area contributed by atoms with Gasteiger partial charge in [0.25, 0.3) is 17.5 Å². The number of benzene rings is 2. The van der Waals surface area contributed by atoms with E-state index in [9.17, 15) is 24.5 Å². The summed E-state index contributed by atoms with van der Waals surface area (Å²) in [6, 6.07) is 10.3. The van der Waals surface area contributed by atoms with Crippen LogP contribution in [0.2, 0.25) is 5.02 Å². The molecule has 1 aliphatic heterocycles. The molecule has 0 atom stereocenters. The molecule has 0 saturated heterocycles. The number of halogens is 1. The number of fused-ring (bicyclic) bond motifs is 2. The Morgan fingerprint density at radius 1 is 1.09 bits per heavy atom. The molecule has 0 fully saturated rings. The highest BCUT2D eigenvalue weighted by Gasteiger charge is 2.37. The van der Waals surface area contributed by atoms with Gasteiger partial charge in [-0.2, -0.15) is 0 Å². The summed E-state index contributed by atoms with van der Waals surface area (Å²) in [5, 5.41) is 11.7. The highest BCUT2D eigenvalue weighted by Crippen LogP contribution is 2.36. The fraction of sp³-hybridized carbons (Fsp3) is 0.227. The summed E-state index contributed by atoms with van der Waals surface area (Å²) in [5.41, 5.74) is -0.409. The summed E-state index contributed by atoms with van der Waals surface area (Å²) in [4.78, 5) is 50.7. The molecular weight excluding hydrogens is 438 g/mol. The van der Waals surface area contributed by atoms with E-state index in [1.165, 1.54) is 18.2 Å². The number of nitrogens with zero attached hydrogens (tertiary/aromatic N) is 3. The predicted octanol–water partition coefficient (Wildman–Crippen LogP) is 4.78. The number of amides is 2. The van der Waals surface area contributed by atoms with Crippen molar-refractivity contribution in [2.75, 3.05) is 0 Å². The first-order valence-electron chi connectivity index (χ1n) is 9.65. The fourth-order valence-corrected chi connectivity index (χ4v) is 3.90. The van der Waals surface area contributed by atoms with E-state index in [0.29, 0.717) is 0 Å². The number of rotatable bonds is 3. The summed E-state index contributed by atoms with van der Waals surface area (Å²) < 4.78 is 6.56. The first kappa shape index (κ1) is 21.5. The molecule has 2 heterocycles. The lowest BCUT2D eigenvalue weighted by molar-refractivity contribution is -0.383. The highest BCUT2D eigenvalue weighted by molar-refractivity contribution is 6.36. The van der Waals surface area contributed by atoms with Crippen LogP contribution in [0.3, 0.4) is 0 Å². The molecule has 0 unspecified atom stereocenters. The number of non-ortho nitro benzene ring substituents is 1. The molecule has 0 aliphatic carbocycles. The molecule has 1 aliphatic rings. The number of hydrogen-bond acceptors (Lipinski definition) is 6. The quantitative estimate of drug-likeness (QED) is 0.319. The van der Waals surface area contributed by atoms with Gasteiger partial charge in [-0.3, -0.25) is 24.6 Å². The Balaban J connectivity index is 1.88. The van der Waals surface area contributed by atoms with Gasteiger partial charge in [0.2, 0.25) is 0 Å². The van der Waals surface area contributed by atoms with Crippen LogP contribution >= 0.6 is 11.6 Å². The summed E-state index contributed by atoms with van der Waals surface area (Å²) in [5.74, 6) is -1.04. The Kier molecular flexibility index (Phi) is 5.01. The number of hydrogen-bond donors (Lipinski definition) is 0. The lowest BCUT2D eigenvalue weighted by Gasteiger charge is -2.22. The molecule has 164 valence electrons. The number of carbonyl (C=O) groups excluding carboxylic acids is 3. The van der Waals surface area contributed by atoms with Crippen LogP contribution in [-0.2, 0) is 11.3 Å². The van der Waals surface area contributed by atoms with Crippen LogP contribution in [0.25, 0.3) is 10.9 Å². The van der Waals surface area contributed by atoms with Crippen LogP contribution in [0.5, 0.6) is 0 Å². The van der Waals surface area contributed by atoms with Crippen molar-refractivity contribution in [1.29, 1.82) is 0 Å². The highest BCUT2D eigenvalue weighted by atomic mass is 35.5. The molecule has 0 radical (unpaired) electrons. The van der Waals surface area contributed by atoms with Crippen molar-refractivity contribution in [3.05, 3.63) is 74.4 Å². The van der Waals surface area contributed by atoms with Gasteiger partial charge in [0, 0.05) is 6.07 Å². The largest absolute Gasteiger partial charge is 0.443 e. The third-order valence-electron chi connectivity index (χ3n) is 4.94. The van der Waals surface area contributed by atoms with Gasteiger partial charge < -0.3 is 4.74 Å². The van der Waals surface area contributed by atoms with Gasteiger partial charge in [0.05, 0.1) is 44.2 Å². The second-order valence-corrected chi connectivity index (χ2v) is 8.69. The van der Waals surface area contributed by atoms with Gasteiger partial charge in [0.15, 0.2) is 0 Å². The van der Waals surface area contributed by atoms with E-state index in [1.807, 2.05) is 0 Å². The topological polar surface area (TPSA) is 112 Å². The summed E-state index contributed by atoms with van der Waals surface area (Å²) in [7, 11) is 0. The molecule has 32 heavy (non-hydrogen) atoms. The number of nitro benzene ring substituents is 1. The minimum Gasteiger partial charge on any atom is -0.443 e. The van der Waals surface area contributed by atoms with Gasteiger partial charge in [-0.25, -0.2) is 9.36 Å². The molecule has 0 spiro atoms. The van der Waals surface area contributed by atoms with Crippen molar-refractivity contribution in [1.82, 2.24) is 9.47 Å². The number of ether oxygens (including phenoxy) is 1. The monoisotopic (exact) mass is 455 g/mol. The average molecular weight is 456 g/mol. The average Bonchev–Trinajstić information content (AvgIpc) is 3.19. The molecule has 4 rings (SSSR count). The van der Waals surface area contributed by atoms with E-state index >= 15 is 0 Å². The smallest absolute Gasteiger partial charge is 0.419 e. The number of imide groups is 1. The van der Waals surface area contributed by atoms with Crippen LogP contribution in [-0.4, -0.2) is 37.9 Å². The molecule has 2 amide bonds. The first-order valence-corrected chi connectivity index (χ1v) is 10.0. The summed E-state index contributed by atoms with van der Waals surface area (Å²) in [6.45, 7) is 4.72. The third-order valence-corrected chi connectivity index (χ3v) is 5.24. The number of aromatic nitrogens is 1. The van der Waals surface area contributed by atoms with Gasteiger partial charge in [-0.15, -0.1) is 0 Å². The molecule has 0 N–H and O–H groups in total. The van der Waals surface area contributed by atoms with E-state index in [1.54, 1.807) is 45.0 Å². The van der Waals surface area contributed by atoms with Crippen LogP contribution in [0.1, 0.15) is 47.2 Å². The number of carbonyl (C=O) groups is 3. The molecule has 9 nitrogen and oxygen atoms in total. The zero-order valence-corrected chi connectivity index (χ0v) is 18.2. The minimum absolute atomic E-state index is 0.0710. The molecule has 3 aromatic rings. The van der Waals surface area contributed by atoms with E-state index in [4.69, 9.17) is 16.3 Å². The van der Waals surface area contributed by atoms with E-state index < -0.39 is 28.4 Å². The van der Waals surface area contributed by atoms with Crippen molar-refractivity contribution in [3.63, 3.8) is 0 Å².